The normalized spacial score (nSPS) is 13.0. The Labute approximate surface area is 287 Å². The summed E-state index contributed by atoms with van der Waals surface area (Å²) in [6.45, 7) is 1.19. The third-order valence-corrected chi connectivity index (χ3v) is 9.86. The minimum absolute atomic E-state index is 0. The number of fused-ring (bicyclic) bond motifs is 5. The van der Waals surface area contributed by atoms with Gasteiger partial charge in [-0.3, -0.25) is 4.72 Å². The van der Waals surface area contributed by atoms with Crippen LogP contribution in [0, 0.1) is 0 Å². The number of methoxy groups -OCH3 is 1. The van der Waals surface area contributed by atoms with Crippen LogP contribution in [0.5, 0.6) is 23.0 Å². The van der Waals surface area contributed by atoms with Gasteiger partial charge in [-0.1, -0.05) is 16.8 Å². The second-order valence-electron chi connectivity index (χ2n) is 11.1. The van der Waals surface area contributed by atoms with Gasteiger partial charge >= 0.3 is 0 Å². The molecule has 0 amide bonds. The number of nitrogens with zero attached hydrogens (tertiary/aromatic N) is 4. The summed E-state index contributed by atoms with van der Waals surface area (Å²) in [6.07, 6.45) is 4.71. The van der Waals surface area contributed by atoms with Crippen molar-refractivity contribution in [2.24, 2.45) is 0 Å². The predicted molar refractivity (Wildman–Crippen MR) is 174 cm³/mol. The van der Waals surface area contributed by atoms with Gasteiger partial charge in [0, 0.05) is 23.2 Å². The summed E-state index contributed by atoms with van der Waals surface area (Å²) < 4.78 is 55.3. The molecular weight excluding hydrogens is 677 g/mol. The van der Waals surface area contributed by atoms with Crippen LogP contribution in [-0.2, 0) is 29.6 Å². The molecule has 1 N–H and O–H groups in total. The average Bonchev–Trinajstić information content (AvgIpc) is 3.76. The van der Waals surface area contributed by atoms with Gasteiger partial charge in [-0.05, 0) is 83.7 Å². The highest BCUT2D eigenvalue weighted by Gasteiger charge is 2.29. The van der Waals surface area contributed by atoms with Crippen LogP contribution < -0.4 is 40.6 Å². The fourth-order valence-corrected chi connectivity index (χ4v) is 7.04. The topological polar surface area (TPSA) is 118 Å². The van der Waals surface area contributed by atoms with Crippen molar-refractivity contribution in [3.8, 4) is 39.9 Å². The quantitative estimate of drug-likeness (QED) is 0.241. The lowest BCUT2D eigenvalue weighted by Gasteiger charge is -2.17. The van der Waals surface area contributed by atoms with Crippen molar-refractivity contribution in [1.82, 2.24) is 15.0 Å². The number of ether oxygens (including phenoxy) is 4. The monoisotopic (exact) mass is 703 g/mol. The maximum Gasteiger partial charge on any atom is 0.261 e. The zero-order valence-electron chi connectivity index (χ0n) is 25.4. The van der Waals surface area contributed by atoms with E-state index in [4.69, 9.17) is 30.5 Å². The number of hydrogen-bond donors (Lipinski definition) is 1. The summed E-state index contributed by atoms with van der Waals surface area (Å²) in [4.78, 5) is 0.109. The zero-order valence-corrected chi connectivity index (χ0v) is 27.7. The van der Waals surface area contributed by atoms with E-state index in [-0.39, 0.29) is 30.7 Å². The maximum atomic E-state index is 12.9. The van der Waals surface area contributed by atoms with Gasteiger partial charge in [-0.2, -0.15) is 4.57 Å². The van der Waals surface area contributed by atoms with Gasteiger partial charge in [0.15, 0.2) is 35.7 Å². The number of aromatic nitrogens is 4. The van der Waals surface area contributed by atoms with Crippen molar-refractivity contribution < 1.29 is 44.3 Å². The molecule has 11 nitrogen and oxygen atoms in total. The lowest BCUT2D eigenvalue weighted by molar-refractivity contribution is -0.686. The number of pyridine rings is 1. The molecule has 2 aromatic heterocycles. The van der Waals surface area contributed by atoms with Crippen LogP contribution in [0.1, 0.15) is 11.3 Å². The standard InChI is InChI=1S/C34H27ClN5O6S.ClH/c1-43-31-11-2-21-14-30-28-16-33-32(45-20-46-33)15-22(28)12-13-39(30)18-29(21)34(31)44-19-25-17-40(38-36-25)26-7-9-27(10-8-26)47(41,42)37-24-5-3-23(35)4-6-24;/h2-11,14-18,37H,12-13,19-20H2,1H3;1H/q+1;/p-1. The van der Waals surface area contributed by atoms with E-state index in [1.807, 2.05) is 12.1 Å². The molecule has 14 heteroatoms. The molecule has 6 aromatic rings. The van der Waals surface area contributed by atoms with Crippen LogP contribution in [0.2, 0.25) is 5.02 Å². The van der Waals surface area contributed by atoms with Gasteiger partial charge < -0.3 is 31.4 Å². The second-order valence-corrected chi connectivity index (χ2v) is 13.2. The van der Waals surface area contributed by atoms with Crippen molar-refractivity contribution >= 4 is 38.1 Å². The molecule has 2 aliphatic rings. The SMILES string of the molecule is COc1ccc2cc3[n+](cc2c1OCc1cn(-c2ccc(S(=O)(=O)Nc4ccc(Cl)cc4)cc2)nn1)CCc1cc2c(cc1-3)OCO2.[Cl-]. The van der Waals surface area contributed by atoms with Crippen molar-refractivity contribution in [1.29, 1.82) is 0 Å². The summed E-state index contributed by atoms with van der Waals surface area (Å²) in [6, 6.07) is 23.0. The Balaban J connectivity index is 0.00000364. The summed E-state index contributed by atoms with van der Waals surface area (Å²) in [5.74, 6) is 2.77. The number of rotatable bonds is 8. The molecule has 0 saturated heterocycles. The minimum Gasteiger partial charge on any atom is -1.00 e. The van der Waals surface area contributed by atoms with Crippen molar-refractivity contribution in [3.63, 3.8) is 0 Å². The van der Waals surface area contributed by atoms with Gasteiger partial charge in [-0.15, -0.1) is 5.10 Å². The van der Waals surface area contributed by atoms with Gasteiger partial charge in [0.2, 0.25) is 12.5 Å². The number of sulfonamides is 1. The van der Waals surface area contributed by atoms with E-state index in [1.54, 1.807) is 54.4 Å². The molecule has 0 radical (unpaired) electrons. The van der Waals surface area contributed by atoms with Crippen molar-refractivity contribution in [2.45, 2.75) is 24.5 Å². The highest BCUT2D eigenvalue weighted by atomic mass is 35.5. The second kappa shape index (κ2) is 12.5. The van der Waals surface area contributed by atoms with Gasteiger partial charge in [-0.25, -0.2) is 13.1 Å². The van der Waals surface area contributed by atoms with E-state index in [0.717, 1.165) is 46.5 Å². The summed E-state index contributed by atoms with van der Waals surface area (Å²) in [7, 11) is -2.17. The summed E-state index contributed by atoms with van der Waals surface area (Å²) >= 11 is 5.90. The van der Waals surface area contributed by atoms with E-state index in [9.17, 15) is 8.42 Å². The molecule has 2 aliphatic heterocycles. The molecule has 0 fully saturated rings. The number of nitrogens with one attached hydrogen (secondary N) is 1. The van der Waals surface area contributed by atoms with E-state index in [0.29, 0.717) is 33.6 Å². The molecule has 4 heterocycles. The Bertz CT molecular complexity index is 2280. The molecule has 0 atom stereocenters. The number of aryl methyl sites for hydroxylation is 2. The highest BCUT2D eigenvalue weighted by molar-refractivity contribution is 7.92. The predicted octanol–water partition coefficient (Wildman–Crippen LogP) is 2.71. The van der Waals surface area contributed by atoms with Crippen molar-refractivity contribution in [2.75, 3.05) is 18.6 Å². The van der Waals surface area contributed by atoms with Crippen LogP contribution >= 0.6 is 11.6 Å². The Morgan fingerprint density at radius 3 is 2.54 bits per heavy atom. The Kier molecular flexibility index (Phi) is 8.24. The molecule has 0 unspecified atom stereocenters. The lowest BCUT2D eigenvalue weighted by Crippen LogP contribution is -3.00. The number of benzene rings is 4. The first-order valence-electron chi connectivity index (χ1n) is 14.7. The van der Waals surface area contributed by atoms with E-state index in [2.05, 4.69) is 44.0 Å². The fraction of sp³-hybridized carbons (Fsp3) is 0.147. The molecule has 0 aliphatic carbocycles. The fourth-order valence-electron chi connectivity index (χ4n) is 5.85. The molecule has 244 valence electrons. The molecule has 8 rings (SSSR count). The third kappa shape index (κ3) is 5.83. The van der Waals surface area contributed by atoms with Crippen LogP contribution in [0.25, 0.3) is 27.7 Å². The smallest absolute Gasteiger partial charge is 0.261 e. The minimum atomic E-state index is -3.79. The third-order valence-electron chi connectivity index (χ3n) is 8.21. The highest BCUT2D eigenvalue weighted by Crippen LogP contribution is 2.42. The molecule has 48 heavy (non-hydrogen) atoms. The number of hydrogen-bond acceptors (Lipinski definition) is 8. The van der Waals surface area contributed by atoms with E-state index >= 15 is 0 Å². The first-order chi connectivity index (χ1) is 22.8. The van der Waals surface area contributed by atoms with Crippen LogP contribution in [0.4, 0.5) is 5.69 Å². The van der Waals surface area contributed by atoms with Crippen LogP contribution in [-0.4, -0.2) is 37.3 Å². The Hall–Kier alpha value is -5.04. The van der Waals surface area contributed by atoms with Gasteiger partial charge in [0.1, 0.15) is 12.3 Å². The summed E-state index contributed by atoms with van der Waals surface area (Å²) in [5.41, 5.74) is 5.09. The Morgan fingerprint density at radius 1 is 1.00 bits per heavy atom. The number of anilines is 1. The molecule has 0 bridgehead atoms. The first-order valence-corrected chi connectivity index (χ1v) is 16.6. The molecule has 4 aromatic carbocycles. The molecule has 0 saturated carbocycles. The largest absolute Gasteiger partial charge is 1.00 e. The van der Waals surface area contributed by atoms with Crippen LogP contribution in [0.15, 0.2) is 96.2 Å². The van der Waals surface area contributed by atoms with E-state index in [1.165, 1.54) is 17.7 Å². The molecular formula is C34H27Cl2N5O6S. The Morgan fingerprint density at radius 2 is 1.77 bits per heavy atom. The maximum absolute atomic E-state index is 12.9. The van der Waals surface area contributed by atoms with Crippen LogP contribution in [0.3, 0.4) is 0 Å². The lowest BCUT2D eigenvalue weighted by atomic mass is 9.95. The average molecular weight is 705 g/mol. The van der Waals surface area contributed by atoms with E-state index < -0.39 is 10.0 Å². The summed E-state index contributed by atoms with van der Waals surface area (Å²) in [5, 5.41) is 10.9. The van der Waals surface area contributed by atoms with Gasteiger partial charge in [0.05, 0.1) is 34.8 Å². The van der Waals surface area contributed by atoms with Gasteiger partial charge in [0.25, 0.3) is 10.0 Å². The van der Waals surface area contributed by atoms with Crippen molar-refractivity contribution in [3.05, 3.63) is 108 Å². The first kappa shape index (κ1) is 31.6. The zero-order chi connectivity index (χ0) is 32.1. The molecule has 0 spiro atoms. The number of halogens is 2.